The number of aryl methyl sites for hydroxylation is 1. The second-order valence-electron chi connectivity index (χ2n) is 10.1. The van der Waals surface area contributed by atoms with Crippen molar-refractivity contribution in [2.45, 2.75) is 63.1 Å². The van der Waals surface area contributed by atoms with Gasteiger partial charge in [-0.1, -0.05) is 82.3 Å². The summed E-state index contributed by atoms with van der Waals surface area (Å²) in [5.41, 5.74) is 1.89. The Labute approximate surface area is 249 Å². The lowest BCUT2D eigenvalue weighted by molar-refractivity contribution is -0.139. The molecule has 212 valence electrons. The van der Waals surface area contributed by atoms with Gasteiger partial charge in [0.2, 0.25) is 11.8 Å². The van der Waals surface area contributed by atoms with Crippen LogP contribution in [0.5, 0.6) is 0 Å². The van der Waals surface area contributed by atoms with Crippen LogP contribution in [0.1, 0.15) is 43.7 Å². The summed E-state index contributed by atoms with van der Waals surface area (Å²) in [6.07, 6.45) is 3.94. The van der Waals surface area contributed by atoms with Crippen LogP contribution in [0.25, 0.3) is 0 Å². The van der Waals surface area contributed by atoms with Crippen molar-refractivity contribution in [3.63, 3.8) is 0 Å². The summed E-state index contributed by atoms with van der Waals surface area (Å²) in [6, 6.07) is 19.6. The van der Waals surface area contributed by atoms with Crippen LogP contribution in [0, 0.1) is 6.92 Å². The lowest BCUT2D eigenvalue weighted by Gasteiger charge is -2.32. The Balaban J connectivity index is 1.69. The monoisotopic (exact) mass is 645 g/mol. The molecule has 3 aromatic carbocycles. The van der Waals surface area contributed by atoms with Gasteiger partial charge in [0.1, 0.15) is 12.6 Å². The van der Waals surface area contributed by atoms with Gasteiger partial charge >= 0.3 is 0 Å². The third kappa shape index (κ3) is 7.25. The van der Waals surface area contributed by atoms with Crippen molar-refractivity contribution in [1.82, 2.24) is 10.2 Å². The maximum absolute atomic E-state index is 14.0. The van der Waals surface area contributed by atoms with E-state index in [2.05, 4.69) is 21.2 Å². The number of nitrogens with zero attached hydrogens (tertiary/aromatic N) is 2. The van der Waals surface area contributed by atoms with Crippen molar-refractivity contribution >= 4 is 55.1 Å². The molecule has 3 aromatic rings. The van der Waals surface area contributed by atoms with Crippen molar-refractivity contribution in [1.29, 1.82) is 0 Å². The molecule has 1 saturated carbocycles. The van der Waals surface area contributed by atoms with Gasteiger partial charge in [-0.25, -0.2) is 8.42 Å². The summed E-state index contributed by atoms with van der Waals surface area (Å²) in [6.45, 7) is 3.13. The molecule has 0 aliphatic heterocycles. The fourth-order valence-corrected chi connectivity index (χ4v) is 6.98. The Hall–Kier alpha value is -2.88. The molecule has 0 saturated heterocycles. The summed E-state index contributed by atoms with van der Waals surface area (Å²) >= 11 is 9.92. The number of hydrogen-bond acceptors (Lipinski definition) is 4. The normalized spacial score (nSPS) is 14.5. The van der Waals surface area contributed by atoms with E-state index in [4.69, 9.17) is 11.6 Å². The Morgan fingerprint density at radius 2 is 1.70 bits per heavy atom. The van der Waals surface area contributed by atoms with E-state index in [1.807, 2.05) is 31.2 Å². The summed E-state index contributed by atoms with van der Waals surface area (Å²) in [5.74, 6) is -0.786. The summed E-state index contributed by atoms with van der Waals surface area (Å²) in [5, 5.41) is 3.26. The molecule has 0 spiro atoms. The molecule has 40 heavy (non-hydrogen) atoms. The van der Waals surface area contributed by atoms with Crippen LogP contribution in [-0.4, -0.2) is 43.8 Å². The van der Waals surface area contributed by atoms with E-state index in [1.54, 1.807) is 43.3 Å². The highest BCUT2D eigenvalue weighted by Crippen LogP contribution is 2.31. The zero-order valence-corrected chi connectivity index (χ0v) is 25.7. The van der Waals surface area contributed by atoms with E-state index < -0.39 is 28.5 Å². The van der Waals surface area contributed by atoms with Crippen LogP contribution in [-0.2, 0) is 26.2 Å². The first-order valence-electron chi connectivity index (χ1n) is 13.2. The molecule has 0 aromatic heterocycles. The third-order valence-corrected chi connectivity index (χ3v) is 9.71. The molecule has 1 fully saturated rings. The molecule has 1 aliphatic rings. The summed E-state index contributed by atoms with van der Waals surface area (Å²) < 4.78 is 29.7. The molecule has 1 N–H and O–H groups in total. The predicted octanol–water partition coefficient (Wildman–Crippen LogP) is 6.08. The maximum atomic E-state index is 14.0. The van der Waals surface area contributed by atoms with Gasteiger partial charge in [-0.05, 0) is 68.7 Å². The topological polar surface area (TPSA) is 86.8 Å². The number of nitrogens with one attached hydrogen (secondary N) is 1. The number of para-hydroxylation sites is 1. The molecule has 1 unspecified atom stereocenters. The minimum Gasteiger partial charge on any atom is -0.352 e. The van der Waals surface area contributed by atoms with Gasteiger partial charge in [-0.2, -0.15) is 0 Å². The average molecular weight is 647 g/mol. The van der Waals surface area contributed by atoms with Crippen LogP contribution in [0.15, 0.2) is 82.2 Å². The highest BCUT2D eigenvalue weighted by atomic mass is 79.9. The molecular weight excluding hydrogens is 614 g/mol. The summed E-state index contributed by atoms with van der Waals surface area (Å²) in [4.78, 5) is 28.8. The van der Waals surface area contributed by atoms with Crippen molar-refractivity contribution in [3.8, 4) is 0 Å². The number of carbonyl (C=O) groups excluding carboxylic acids is 2. The molecule has 1 atom stereocenters. The van der Waals surface area contributed by atoms with E-state index in [-0.39, 0.29) is 34.1 Å². The Morgan fingerprint density at radius 1 is 1.02 bits per heavy atom. The smallest absolute Gasteiger partial charge is 0.264 e. The first-order chi connectivity index (χ1) is 19.1. The summed E-state index contributed by atoms with van der Waals surface area (Å²) in [7, 11) is -4.17. The largest absolute Gasteiger partial charge is 0.352 e. The van der Waals surface area contributed by atoms with Crippen LogP contribution >= 0.6 is 27.5 Å². The first-order valence-corrected chi connectivity index (χ1v) is 15.9. The minimum atomic E-state index is -4.17. The van der Waals surface area contributed by atoms with Gasteiger partial charge in [-0.15, -0.1) is 0 Å². The molecule has 0 bridgehead atoms. The predicted molar refractivity (Wildman–Crippen MR) is 162 cm³/mol. The molecule has 1 aliphatic carbocycles. The SMILES string of the molecule is Cc1ccc(S(=O)(=O)N(CC(=O)N(Cc2cccc(Br)c2)C(C)C(=O)NC2CCCC2)c2ccccc2Cl)cc1. The fourth-order valence-electron chi connectivity index (χ4n) is 4.81. The van der Waals surface area contributed by atoms with Gasteiger partial charge in [0.15, 0.2) is 0 Å². The highest BCUT2D eigenvalue weighted by molar-refractivity contribution is 9.10. The lowest BCUT2D eigenvalue weighted by Crippen LogP contribution is -2.52. The standard InChI is InChI=1S/C30H33BrClN3O4S/c1-21-14-16-26(17-15-21)40(38,39)35(28-13-6-5-12-27(28)32)20-29(36)34(19-23-8-7-9-24(31)18-23)22(2)30(37)33-25-10-3-4-11-25/h5-9,12-18,22,25H,3-4,10-11,19-20H2,1-2H3,(H,33,37). The first kappa shape index (κ1) is 30.1. The number of amides is 2. The molecule has 0 radical (unpaired) electrons. The van der Waals surface area contributed by atoms with Crippen molar-refractivity contribution < 1.29 is 18.0 Å². The van der Waals surface area contributed by atoms with Gasteiger partial charge in [0.25, 0.3) is 10.0 Å². The Bertz CT molecular complexity index is 1460. The molecule has 10 heteroatoms. The molecule has 2 amide bonds. The lowest BCUT2D eigenvalue weighted by atomic mass is 10.1. The van der Waals surface area contributed by atoms with Crippen molar-refractivity contribution in [2.24, 2.45) is 0 Å². The maximum Gasteiger partial charge on any atom is 0.264 e. The fraction of sp³-hybridized carbons (Fsp3) is 0.333. The number of rotatable bonds is 10. The van der Waals surface area contributed by atoms with E-state index in [0.717, 1.165) is 45.6 Å². The van der Waals surface area contributed by atoms with Crippen LogP contribution < -0.4 is 9.62 Å². The number of halogens is 2. The molecular formula is C30H33BrClN3O4S. The Morgan fingerprint density at radius 3 is 2.35 bits per heavy atom. The average Bonchev–Trinajstić information content (AvgIpc) is 3.43. The van der Waals surface area contributed by atoms with Crippen LogP contribution in [0.2, 0.25) is 5.02 Å². The highest BCUT2D eigenvalue weighted by Gasteiger charge is 2.34. The number of sulfonamides is 1. The minimum absolute atomic E-state index is 0.0383. The van der Waals surface area contributed by atoms with E-state index in [0.29, 0.717) is 0 Å². The Kier molecular flexibility index (Phi) is 9.92. The quantitative estimate of drug-likeness (QED) is 0.289. The van der Waals surface area contributed by atoms with Gasteiger partial charge in [0.05, 0.1) is 15.6 Å². The van der Waals surface area contributed by atoms with Gasteiger partial charge in [-0.3, -0.25) is 13.9 Å². The van der Waals surface area contributed by atoms with Crippen LogP contribution in [0.3, 0.4) is 0 Å². The van der Waals surface area contributed by atoms with Crippen molar-refractivity contribution in [3.05, 3.63) is 93.4 Å². The van der Waals surface area contributed by atoms with Crippen molar-refractivity contribution in [2.75, 3.05) is 10.8 Å². The number of anilines is 1. The third-order valence-electron chi connectivity index (χ3n) is 7.12. The van der Waals surface area contributed by atoms with E-state index in [9.17, 15) is 18.0 Å². The number of hydrogen-bond donors (Lipinski definition) is 1. The second-order valence-corrected chi connectivity index (χ2v) is 13.3. The molecule has 4 rings (SSSR count). The molecule has 0 heterocycles. The second kappa shape index (κ2) is 13.2. The number of benzene rings is 3. The molecule has 7 nitrogen and oxygen atoms in total. The number of carbonyl (C=O) groups is 2. The zero-order valence-electron chi connectivity index (χ0n) is 22.5. The zero-order chi connectivity index (χ0) is 28.9. The van der Waals surface area contributed by atoms with Gasteiger partial charge in [0, 0.05) is 17.1 Å². The van der Waals surface area contributed by atoms with Crippen LogP contribution in [0.4, 0.5) is 5.69 Å². The van der Waals surface area contributed by atoms with E-state index in [1.165, 1.54) is 17.0 Å². The van der Waals surface area contributed by atoms with Gasteiger partial charge < -0.3 is 10.2 Å². The van der Waals surface area contributed by atoms with E-state index >= 15 is 0 Å².